The number of carbonyl (C=O) groups excluding carboxylic acids is 2. The minimum atomic E-state index is -1.44. The number of hydrogen-bond donors (Lipinski definition) is 2. The highest BCUT2D eigenvalue weighted by molar-refractivity contribution is 6.30. The Balaban J connectivity index is 2.12. The predicted octanol–water partition coefficient (Wildman–Crippen LogP) is 3.61. The summed E-state index contributed by atoms with van der Waals surface area (Å²) < 4.78 is 19.7. The first kappa shape index (κ1) is 23.4. The SMILES string of the molecule is Cc1cc(Cl)cc(F)c1C1(O)C(C)CN(C(=O)COC(=O)NC(C)(C)C)CC1C. The van der Waals surface area contributed by atoms with Crippen molar-refractivity contribution in [2.75, 3.05) is 19.7 Å². The molecule has 2 atom stereocenters. The van der Waals surface area contributed by atoms with E-state index in [0.29, 0.717) is 5.56 Å². The van der Waals surface area contributed by atoms with E-state index in [1.54, 1.807) is 26.8 Å². The molecular formula is C21H30ClFN2O4. The maximum absolute atomic E-state index is 14.7. The highest BCUT2D eigenvalue weighted by atomic mass is 35.5. The molecule has 0 spiro atoms. The summed E-state index contributed by atoms with van der Waals surface area (Å²) in [6, 6.07) is 2.82. The van der Waals surface area contributed by atoms with Gasteiger partial charge in [-0.1, -0.05) is 25.4 Å². The van der Waals surface area contributed by atoms with E-state index in [1.165, 1.54) is 11.0 Å². The Morgan fingerprint density at radius 1 is 1.31 bits per heavy atom. The van der Waals surface area contributed by atoms with Crippen molar-refractivity contribution in [1.29, 1.82) is 0 Å². The molecule has 6 nitrogen and oxygen atoms in total. The summed E-state index contributed by atoms with van der Waals surface area (Å²) in [5, 5.41) is 14.4. The number of alkyl carbamates (subject to hydrolysis) is 1. The maximum Gasteiger partial charge on any atom is 0.408 e. The van der Waals surface area contributed by atoms with Crippen LogP contribution in [0.5, 0.6) is 0 Å². The number of halogens is 2. The number of amides is 2. The summed E-state index contributed by atoms with van der Waals surface area (Å²) in [7, 11) is 0. The lowest BCUT2D eigenvalue weighted by Crippen LogP contribution is -2.57. The fraction of sp³-hybridized carbons (Fsp3) is 0.619. The molecule has 1 aromatic carbocycles. The van der Waals surface area contributed by atoms with Crippen LogP contribution in [0.15, 0.2) is 12.1 Å². The molecule has 0 bridgehead atoms. The van der Waals surface area contributed by atoms with Crippen molar-refractivity contribution in [2.45, 2.75) is 52.7 Å². The molecule has 2 amide bonds. The van der Waals surface area contributed by atoms with Crippen LogP contribution in [0.1, 0.15) is 45.7 Å². The van der Waals surface area contributed by atoms with E-state index in [-0.39, 0.29) is 29.6 Å². The van der Waals surface area contributed by atoms with Gasteiger partial charge in [-0.05, 0) is 45.4 Å². The molecule has 0 saturated carbocycles. The number of carbonyl (C=O) groups is 2. The Morgan fingerprint density at radius 2 is 1.86 bits per heavy atom. The average molecular weight is 429 g/mol. The Morgan fingerprint density at radius 3 is 2.34 bits per heavy atom. The molecule has 2 N–H and O–H groups in total. The van der Waals surface area contributed by atoms with Gasteiger partial charge < -0.3 is 20.1 Å². The van der Waals surface area contributed by atoms with Crippen molar-refractivity contribution in [1.82, 2.24) is 10.2 Å². The normalized spacial score (nSPS) is 24.9. The molecule has 2 rings (SSSR count). The molecule has 1 fully saturated rings. The molecule has 1 heterocycles. The van der Waals surface area contributed by atoms with E-state index in [1.807, 2.05) is 20.8 Å². The zero-order chi connectivity index (χ0) is 22.1. The van der Waals surface area contributed by atoms with Gasteiger partial charge in [0.25, 0.3) is 5.91 Å². The quantitative estimate of drug-likeness (QED) is 0.770. The molecule has 1 aromatic rings. The Bertz CT molecular complexity index is 758. The second-order valence-corrected chi connectivity index (χ2v) is 9.39. The van der Waals surface area contributed by atoms with Gasteiger partial charge in [0.2, 0.25) is 0 Å². The van der Waals surface area contributed by atoms with Crippen molar-refractivity contribution in [3.05, 3.63) is 34.1 Å². The van der Waals surface area contributed by atoms with Gasteiger partial charge >= 0.3 is 6.09 Å². The lowest BCUT2D eigenvalue weighted by atomic mass is 9.69. The van der Waals surface area contributed by atoms with Crippen LogP contribution in [0.4, 0.5) is 9.18 Å². The number of nitrogens with zero attached hydrogens (tertiary/aromatic N) is 1. The molecule has 1 saturated heterocycles. The second-order valence-electron chi connectivity index (χ2n) is 8.96. The zero-order valence-electron chi connectivity index (χ0n) is 17.8. The van der Waals surface area contributed by atoms with Gasteiger partial charge in [0.05, 0.1) is 0 Å². The third-order valence-electron chi connectivity index (χ3n) is 5.30. The van der Waals surface area contributed by atoms with E-state index >= 15 is 0 Å². The first-order chi connectivity index (χ1) is 13.3. The summed E-state index contributed by atoms with van der Waals surface area (Å²) in [5.41, 5.74) is -1.13. The third-order valence-corrected chi connectivity index (χ3v) is 5.52. The topological polar surface area (TPSA) is 78.9 Å². The number of rotatable bonds is 3. The molecule has 0 radical (unpaired) electrons. The highest BCUT2D eigenvalue weighted by Crippen LogP contribution is 2.44. The first-order valence-corrected chi connectivity index (χ1v) is 10.0. The first-order valence-electron chi connectivity index (χ1n) is 9.67. The van der Waals surface area contributed by atoms with Crippen molar-refractivity contribution in [3.63, 3.8) is 0 Å². The summed E-state index contributed by atoms with van der Waals surface area (Å²) in [5.74, 6) is -1.79. The molecule has 29 heavy (non-hydrogen) atoms. The molecule has 1 aliphatic rings. The van der Waals surface area contributed by atoms with E-state index in [9.17, 15) is 19.1 Å². The zero-order valence-corrected chi connectivity index (χ0v) is 18.6. The van der Waals surface area contributed by atoms with Gasteiger partial charge in [0.1, 0.15) is 11.4 Å². The summed E-state index contributed by atoms with van der Waals surface area (Å²) >= 11 is 5.92. The van der Waals surface area contributed by atoms with Crippen molar-refractivity contribution in [3.8, 4) is 0 Å². The summed E-state index contributed by atoms with van der Waals surface area (Å²) in [6.45, 7) is 10.7. The number of hydrogen-bond acceptors (Lipinski definition) is 4. The Kier molecular flexibility index (Phi) is 6.85. The van der Waals surface area contributed by atoms with E-state index < -0.39 is 41.5 Å². The minimum Gasteiger partial charge on any atom is -0.439 e. The fourth-order valence-electron chi connectivity index (χ4n) is 3.97. The summed E-state index contributed by atoms with van der Waals surface area (Å²) in [6.07, 6.45) is -0.667. The van der Waals surface area contributed by atoms with Crippen LogP contribution in [0.2, 0.25) is 5.02 Å². The van der Waals surface area contributed by atoms with Crippen LogP contribution in [-0.4, -0.2) is 47.2 Å². The van der Waals surface area contributed by atoms with Crippen molar-refractivity contribution >= 4 is 23.6 Å². The largest absolute Gasteiger partial charge is 0.439 e. The molecule has 0 aromatic heterocycles. The van der Waals surface area contributed by atoms with Gasteiger partial charge in [-0.15, -0.1) is 0 Å². The van der Waals surface area contributed by atoms with Crippen LogP contribution in [0.25, 0.3) is 0 Å². The van der Waals surface area contributed by atoms with Gasteiger partial charge in [0, 0.05) is 41.1 Å². The van der Waals surface area contributed by atoms with E-state index in [2.05, 4.69) is 5.32 Å². The van der Waals surface area contributed by atoms with Gasteiger partial charge in [-0.25, -0.2) is 9.18 Å². The number of likely N-dealkylation sites (tertiary alicyclic amines) is 1. The molecule has 162 valence electrons. The van der Waals surface area contributed by atoms with Crippen LogP contribution < -0.4 is 5.32 Å². The number of nitrogens with one attached hydrogen (secondary N) is 1. The van der Waals surface area contributed by atoms with Crippen LogP contribution >= 0.6 is 11.6 Å². The maximum atomic E-state index is 14.7. The van der Waals surface area contributed by atoms with Crippen molar-refractivity contribution in [2.24, 2.45) is 11.8 Å². The Labute approximate surface area is 176 Å². The molecule has 8 heteroatoms. The minimum absolute atomic E-state index is 0.214. The lowest BCUT2D eigenvalue weighted by Gasteiger charge is -2.48. The number of aryl methyl sites for hydroxylation is 1. The number of benzene rings is 1. The van der Waals surface area contributed by atoms with Gasteiger partial charge in [-0.2, -0.15) is 0 Å². The van der Waals surface area contributed by atoms with Crippen LogP contribution in [-0.2, 0) is 15.1 Å². The summed E-state index contributed by atoms with van der Waals surface area (Å²) in [4.78, 5) is 25.8. The van der Waals surface area contributed by atoms with Crippen LogP contribution in [0.3, 0.4) is 0 Å². The fourth-order valence-corrected chi connectivity index (χ4v) is 4.23. The number of piperidine rings is 1. The van der Waals surface area contributed by atoms with Crippen molar-refractivity contribution < 1.29 is 23.8 Å². The number of aliphatic hydroxyl groups is 1. The van der Waals surface area contributed by atoms with Crippen LogP contribution in [0, 0.1) is 24.6 Å². The predicted molar refractivity (Wildman–Crippen MR) is 109 cm³/mol. The van der Waals surface area contributed by atoms with E-state index in [0.717, 1.165) is 0 Å². The Hall–Kier alpha value is -1.86. The highest BCUT2D eigenvalue weighted by Gasteiger charge is 2.48. The molecule has 1 aliphatic heterocycles. The molecule has 0 aliphatic carbocycles. The van der Waals surface area contributed by atoms with Gasteiger partial charge in [-0.3, -0.25) is 4.79 Å². The lowest BCUT2D eigenvalue weighted by molar-refractivity contribution is -0.152. The smallest absolute Gasteiger partial charge is 0.408 e. The average Bonchev–Trinajstić information content (AvgIpc) is 2.54. The third kappa shape index (κ3) is 5.20. The molecular weight excluding hydrogens is 399 g/mol. The molecule has 2 unspecified atom stereocenters. The number of ether oxygens (including phenoxy) is 1. The second kappa shape index (κ2) is 8.48. The standard InChI is InChI=1S/C21H30ClFN2O4/c1-12-7-15(22)8-16(23)18(12)21(28)13(2)9-25(10-14(21)3)17(26)11-29-19(27)24-20(4,5)6/h7-8,13-14,28H,9-11H2,1-6H3,(H,24,27). The van der Waals surface area contributed by atoms with E-state index in [4.69, 9.17) is 16.3 Å². The monoisotopic (exact) mass is 428 g/mol. The van der Waals surface area contributed by atoms with Gasteiger partial charge in [0.15, 0.2) is 6.61 Å².